The number of hydrazine groups is 1. The number of nitrogens with zero attached hydrogens (tertiary/aromatic N) is 3. The van der Waals surface area contributed by atoms with Gasteiger partial charge >= 0.3 is 0 Å². The van der Waals surface area contributed by atoms with Gasteiger partial charge in [0.25, 0.3) is 15.9 Å². The normalized spacial score (nSPS) is 14.7. The lowest BCUT2D eigenvalue weighted by molar-refractivity contribution is -0.121. The second-order valence-electron chi connectivity index (χ2n) is 7.62. The Balaban J connectivity index is 1.35. The van der Waals surface area contributed by atoms with Crippen LogP contribution in [0.2, 0.25) is 0 Å². The summed E-state index contributed by atoms with van der Waals surface area (Å²) in [5, 5.41) is 0. The molecule has 170 valence electrons. The highest BCUT2D eigenvalue weighted by molar-refractivity contribution is 7.91. The van der Waals surface area contributed by atoms with Crippen molar-refractivity contribution in [2.75, 3.05) is 13.1 Å². The number of thiophene rings is 1. The molecule has 1 aliphatic heterocycles. The van der Waals surface area contributed by atoms with Crippen LogP contribution in [-0.2, 0) is 27.8 Å². The van der Waals surface area contributed by atoms with Crippen LogP contribution in [0.4, 0.5) is 0 Å². The first-order valence-electron chi connectivity index (χ1n) is 10.4. The smallest absolute Gasteiger partial charge is 0.269 e. The van der Waals surface area contributed by atoms with Crippen molar-refractivity contribution in [3.8, 4) is 0 Å². The Labute approximate surface area is 190 Å². The number of hydrogen-bond acceptors (Lipinski definition) is 6. The highest BCUT2D eigenvalue weighted by Crippen LogP contribution is 2.27. The predicted molar refractivity (Wildman–Crippen MR) is 122 cm³/mol. The molecule has 3 heterocycles. The minimum Gasteiger partial charge on any atom is -0.329 e. The number of carbonyl (C=O) groups is 2. The Hall–Kier alpha value is -2.76. The van der Waals surface area contributed by atoms with Gasteiger partial charge in [-0.15, -0.1) is 11.3 Å². The van der Waals surface area contributed by atoms with E-state index in [2.05, 4.69) is 20.4 Å². The summed E-state index contributed by atoms with van der Waals surface area (Å²) >= 11 is 1.08. The van der Waals surface area contributed by atoms with Crippen molar-refractivity contribution in [2.45, 2.75) is 43.9 Å². The van der Waals surface area contributed by atoms with Crippen LogP contribution in [-0.4, -0.2) is 47.2 Å². The van der Waals surface area contributed by atoms with E-state index in [1.165, 1.54) is 10.4 Å². The van der Waals surface area contributed by atoms with Crippen molar-refractivity contribution < 1.29 is 18.0 Å². The molecule has 4 rings (SSSR count). The quantitative estimate of drug-likeness (QED) is 0.531. The number of aromatic nitrogens is 2. The van der Waals surface area contributed by atoms with Gasteiger partial charge in [-0.05, 0) is 57.0 Å². The molecule has 1 fully saturated rings. The maximum absolute atomic E-state index is 12.6. The van der Waals surface area contributed by atoms with Crippen LogP contribution in [0.25, 0.3) is 11.0 Å². The molecule has 0 saturated carbocycles. The summed E-state index contributed by atoms with van der Waals surface area (Å²) in [6.07, 6.45) is 1.71. The lowest BCUT2D eigenvalue weighted by atomic mass is 10.2. The molecule has 3 aromatic rings. The number of rotatable bonds is 6. The van der Waals surface area contributed by atoms with Crippen molar-refractivity contribution in [3.63, 3.8) is 0 Å². The fraction of sp³-hybridized carbons (Fsp3) is 0.381. The number of aryl methyl sites for hydroxylation is 2. The second kappa shape index (κ2) is 9.00. The first kappa shape index (κ1) is 22.4. The predicted octanol–water partition coefficient (Wildman–Crippen LogP) is 2.21. The van der Waals surface area contributed by atoms with Gasteiger partial charge in [0.05, 0.1) is 17.5 Å². The number of fused-ring (bicyclic) bond motifs is 1. The van der Waals surface area contributed by atoms with Crippen molar-refractivity contribution >= 4 is 44.2 Å². The van der Waals surface area contributed by atoms with Gasteiger partial charge in [0.1, 0.15) is 10.0 Å². The van der Waals surface area contributed by atoms with E-state index >= 15 is 0 Å². The standard InChI is InChI=1S/C21H25N5O4S2/c1-3-26-14(2)22-17-12-15(6-8-18(17)26)21(28)24-23-19(27)13-16-7-9-20(31-16)32(29,30)25-10-4-5-11-25/h6-9,12H,3-5,10-11,13H2,1-2H3,(H,23,27)(H,24,28). The Morgan fingerprint density at radius 1 is 1.12 bits per heavy atom. The molecule has 0 spiro atoms. The Kier molecular flexibility index (Phi) is 6.31. The third kappa shape index (κ3) is 4.41. The van der Waals surface area contributed by atoms with E-state index in [0.29, 0.717) is 29.0 Å². The zero-order chi connectivity index (χ0) is 22.9. The Morgan fingerprint density at radius 2 is 1.88 bits per heavy atom. The van der Waals surface area contributed by atoms with Crippen LogP contribution in [0.3, 0.4) is 0 Å². The summed E-state index contributed by atoms with van der Waals surface area (Å²) in [6, 6.07) is 8.38. The number of imidazole rings is 1. The lowest BCUT2D eigenvalue weighted by Gasteiger charge is -2.13. The third-order valence-electron chi connectivity index (χ3n) is 5.46. The molecule has 1 saturated heterocycles. The molecule has 2 amide bonds. The summed E-state index contributed by atoms with van der Waals surface area (Å²) in [4.78, 5) is 29.8. The van der Waals surface area contributed by atoms with Gasteiger partial charge in [-0.1, -0.05) is 0 Å². The second-order valence-corrected chi connectivity index (χ2v) is 11.0. The van der Waals surface area contributed by atoms with E-state index in [9.17, 15) is 18.0 Å². The highest BCUT2D eigenvalue weighted by Gasteiger charge is 2.28. The van der Waals surface area contributed by atoms with E-state index in [1.807, 2.05) is 19.9 Å². The van der Waals surface area contributed by atoms with Crippen molar-refractivity contribution in [1.82, 2.24) is 24.7 Å². The number of carbonyl (C=O) groups excluding carboxylic acids is 2. The van der Waals surface area contributed by atoms with Crippen LogP contribution in [0.15, 0.2) is 34.5 Å². The molecule has 9 nitrogen and oxygen atoms in total. The molecule has 32 heavy (non-hydrogen) atoms. The molecule has 1 aliphatic rings. The molecule has 2 N–H and O–H groups in total. The van der Waals surface area contributed by atoms with Gasteiger partial charge in [-0.2, -0.15) is 4.31 Å². The molecule has 0 atom stereocenters. The van der Waals surface area contributed by atoms with E-state index < -0.39 is 21.8 Å². The van der Waals surface area contributed by atoms with Crippen LogP contribution in [0.5, 0.6) is 0 Å². The highest BCUT2D eigenvalue weighted by atomic mass is 32.2. The molecular formula is C21H25N5O4S2. The summed E-state index contributed by atoms with van der Waals surface area (Å²) in [6.45, 7) is 5.80. The largest absolute Gasteiger partial charge is 0.329 e. The van der Waals surface area contributed by atoms with Gasteiger partial charge in [-0.3, -0.25) is 20.4 Å². The summed E-state index contributed by atoms with van der Waals surface area (Å²) in [5.41, 5.74) is 6.84. The summed E-state index contributed by atoms with van der Waals surface area (Å²) in [7, 11) is -3.49. The van der Waals surface area contributed by atoms with Crippen LogP contribution >= 0.6 is 11.3 Å². The SMILES string of the molecule is CCn1c(C)nc2cc(C(=O)NNC(=O)Cc3ccc(S(=O)(=O)N4CCCC4)s3)ccc21. The molecule has 1 aromatic carbocycles. The topological polar surface area (TPSA) is 113 Å². The number of sulfonamides is 1. The van der Waals surface area contributed by atoms with Gasteiger partial charge in [0.15, 0.2) is 0 Å². The number of benzene rings is 1. The summed E-state index contributed by atoms with van der Waals surface area (Å²) < 4.78 is 29.0. The molecule has 0 radical (unpaired) electrons. The fourth-order valence-electron chi connectivity index (χ4n) is 3.84. The average Bonchev–Trinajstić information content (AvgIpc) is 3.51. The molecular weight excluding hydrogens is 450 g/mol. The first-order chi connectivity index (χ1) is 15.3. The molecule has 0 aliphatic carbocycles. The monoisotopic (exact) mass is 475 g/mol. The van der Waals surface area contributed by atoms with E-state index in [4.69, 9.17) is 0 Å². The van der Waals surface area contributed by atoms with Gasteiger partial charge in [-0.25, -0.2) is 13.4 Å². The minimum atomic E-state index is -3.49. The molecule has 0 bridgehead atoms. The fourth-order valence-corrected chi connectivity index (χ4v) is 6.87. The van der Waals surface area contributed by atoms with E-state index in [1.54, 1.807) is 18.2 Å². The number of amides is 2. The molecule has 11 heteroatoms. The Morgan fingerprint density at radius 3 is 2.59 bits per heavy atom. The number of nitrogens with one attached hydrogen (secondary N) is 2. The third-order valence-corrected chi connectivity index (χ3v) is 8.92. The van der Waals surface area contributed by atoms with Gasteiger partial charge in [0, 0.05) is 30.1 Å². The Bertz CT molecular complexity index is 1270. The van der Waals surface area contributed by atoms with Crippen LogP contribution in [0, 0.1) is 6.92 Å². The average molecular weight is 476 g/mol. The maximum Gasteiger partial charge on any atom is 0.269 e. The first-order valence-corrected chi connectivity index (χ1v) is 12.7. The van der Waals surface area contributed by atoms with Gasteiger partial charge < -0.3 is 4.57 Å². The van der Waals surface area contributed by atoms with Crippen LogP contribution in [0.1, 0.15) is 40.8 Å². The lowest BCUT2D eigenvalue weighted by Crippen LogP contribution is -2.42. The zero-order valence-electron chi connectivity index (χ0n) is 17.9. The van der Waals surface area contributed by atoms with Crippen LogP contribution < -0.4 is 10.9 Å². The van der Waals surface area contributed by atoms with E-state index in [0.717, 1.165) is 42.1 Å². The van der Waals surface area contributed by atoms with Crippen molar-refractivity contribution in [2.24, 2.45) is 0 Å². The van der Waals surface area contributed by atoms with Gasteiger partial charge in [0.2, 0.25) is 5.91 Å². The summed E-state index contributed by atoms with van der Waals surface area (Å²) in [5.74, 6) is -0.0136. The minimum absolute atomic E-state index is 0.0282. The van der Waals surface area contributed by atoms with Crippen molar-refractivity contribution in [3.05, 3.63) is 46.6 Å². The molecule has 0 unspecified atom stereocenters. The number of hydrogen-bond donors (Lipinski definition) is 2. The van der Waals surface area contributed by atoms with E-state index in [-0.39, 0.29) is 10.6 Å². The van der Waals surface area contributed by atoms with Crippen molar-refractivity contribution in [1.29, 1.82) is 0 Å². The molecule has 2 aromatic heterocycles. The zero-order valence-corrected chi connectivity index (χ0v) is 19.6. The maximum atomic E-state index is 12.6.